The first-order valence-electron chi connectivity index (χ1n) is 7.02. The molecule has 1 saturated heterocycles. The van der Waals surface area contributed by atoms with Crippen LogP contribution < -0.4 is 0 Å². The van der Waals surface area contributed by atoms with Crippen LogP contribution in [0.15, 0.2) is 33.4 Å². The molecular weight excluding hydrogens is 272 g/mol. The number of piperidine rings is 1. The van der Waals surface area contributed by atoms with E-state index >= 15 is 0 Å². The molecule has 2 aromatic rings. The van der Waals surface area contributed by atoms with Crippen LogP contribution in [0.5, 0.6) is 0 Å². The summed E-state index contributed by atoms with van der Waals surface area (Å²) in [5, 5.41) is 13.3. The molecule has 0 radical (unpaired) electrons. The summed E-state index contributed by atoms with van der Waals surface area (Å²) in [6.07, 6.45) is 2.91. The van der Waals surface area contributed by atoms with Crippen molar-refractivity contribution in [3.05, 3.63) is 30.2 Å². The van der Waals surface area contributed by atoms with Crippen molar-refractivity contribution in [2.45, 2.75) is 26.3 Å². The van der Waals surface area contributed by atoms with E-state index in [1.54, 1.807) is 12.3 Å². The Balaban J connectivity index is 1.60. The lowest BCUT2D eigenvalue weighted by Gasteiger charge is -2.35. The molecule has 0 saturated carbocycles. The molecule has 3 rings (SSSR count). The molecule has 1 N–H and O–H groups in total. The van der Waals surface area contributed by atoms with Crippen LogP contribution in [-0.2, 0) is 11.3 Å². The third-order valence-corrected chi connectivity index (χ3v) is 4.18. The molecule has 0 amide bonds. The Hall–Kier alpha value is -2.08. The Morgan fingerprint density at radius 3 is 2.81 bits per heavy atom. The lowest BCUT2D eigenvalue weighted by molar-refractivity contribution is -0.150. The van der Waals surface area contributed by atoms with Gasteiger partial charge in [-0.3, -0.25) is 9.69 Å². The largest absolute Gasteiger partial charge is 0.481 e. The highest BCUT2D eigenvalue weighted by Gasteiger charge is 2.36. The van der Waals surface area contributed by atoms with Crippen LogP contribution in [0.1, 0.15) is 25.5 Å². The number of carboxylic acid groups (broad SMARTS) is 1. The van der Waals surface area contributed by atoms with E-state index in [0.29, 0.717) is 30.9 Å². The van der Waals surface area contributed by atoms with Gasteiger partial charge in [0.15, 0.2) is 5.76 Å². The van der Waals surface area contributed by atoms with Crippen molar-refractivity contribution in [1.29, 1.82) is 0 Å². The van der Waals surface area contributed by atoms with Gasteiger partial charge in [-0.15, -0.1) is 0 Å². The van der Waals surface area contributed by atoms with E-state index in [0.717, 1.165) is 18.8 Å². The summed E-state index contributed by atoms with van der Waals surface area (Å²) in [6, 6.07) is 5.49. The third kappa shape index (κ3) is 2.85. The molecule has 0 aromatic carbocycles. The number of likely N-dealkylation sites (tertiary alicyclic amines) is 1. The molecule has 0 unspecified atom stereocenters. The summed E-state index contributed by atoms with van der Waals surface area (Å²) in [5.74, 6) is 0.567. The molecule has 0 bridgehead atoms. The number of aromatic nitrogens is 1. The van der Waals surface area contributed by atoms with Crippen molar-refractivity contribution in [3.63, 3.8) is 0 Å². The lowest BCUT2D eigenvalue weighted by atomic mass is 9.80. The van der Waals surface area contributed by atoms with Crippen molar-refractivity contribution < 1.29 is 18.8 Å². The minimum absolute atomic E-state index is 0.598. The normalized spacial score (nSPS) is 18.7. The van der Waals surface area contributed by atoms with Gasteiger partial charge in [0.05, 0.1) is 17.4 Å². The molecule has 6 heteroatoms. The van der Waals surface area contributed by atoms with Gasteiger partial charge in [-0.1, -0.05) is 5.16 Å². The topological polar surface area (TPSA) is 79.7 Å². The highest BCUT2D eigenvalue weighted by molar-refractivity contribution is 5.74. The van der Waals surface area contributed by atoms with Gasteiger partial charge in [0.2, 0.25) is 5.76 Å². The van der Waals surface area contributed by atoms with Crippen molar-refractivity contribution in [1.82, 2.24) is 10.1 Å². The molecule has 0 spiro atoms. The summed E-state index contributed by atoms with van der Waals surface area (Å²) in [5.41, 5.74) is 0.236. The summed E-state index contributed by atoms with van der Waals surface area (Å²) in [4.78, 5) is 13.4. The molecule has 1 fully saturated rings. The maximum absolute atomic E-state index is 11.2. The second-order valence-electron chi connectivity index (χ2n) is 5.80. The molecule has 1 aliphatic heterocycles. The average Bonchev–Trinajstić information content (AvgIpc) is 3.12. The van der Waals surface area contributed by atoms with Gasteiger partial charge in [0.1, 0.15) is 0 Å². The fraction of sp³-hybridized carbons (Fsp3) is 0.467. The Morgan fingerprint density at radius 1 is 1.43 bits per heavy atom. The SMILES string of the molecule is CC1(C(=O)O)CCN(Cc2cc(-c3ccco3)on2)CC1. The number of aliphatic carboxylic acids is 1. The van der Waals surface area contributed by atoms with Crippen molar-refractivity contribution in [2.24, 2.45) is 5.41 Å². The zero-order valence-corrected chi connectivity index (χ0v) is 11.9. The predicted molar refractivity (Wildman–Crippen MR) is 74.5 cm³/mol. The number of carboxylic acids is 1. The van der Waals surface area contributed by atoms with Gasteiger partial charge in [0, 0.05) is 12.6 Å². The fourth-order valence-corrected chi connectivity index (χ4v) is 2.57. The van der Waals surface area contributed by atoms with Crippen molar-refractivity contribution in [2.75, 3.05) is 13.1 Å². The molecule has 0 aliphatic carbocycles. The second kappa shape index (κ2) is 5.37. The van der Waals surface area contributed by atoms with Crippen molar-refractivity contribution in [3.8, 4) is 11.5 Å². The van der Waals surface area contributed by atoms with E-state index in [-0.39, 0.29) is 0 Å². The molecular formula is C15H18N2O4. The standard InChI is InChI=1S/C15H18N2O4/c1-15(14(18)19)4-6-17(7-5-15)10-11-9-13(21-16-11)12-3-2-8-20-12/h2-3,8-9H,4-7,10H2,1H3,(H,18,19). The number of carbonyl (C=O) groups is 1. The van der Waals surface area contributed by atoms with Gasteiger partial charge < -0.3 is 14.0 Å². The quantitative estimate of drug-likeness (QED) is 0.932. The lowest BCUT2D eigenvalue weighted by Crippen LogP contribution is -2.42. The van der Waals surface area contributed by atoms with E-state index in [1.165, 1.54) is 0 Å². The van der Waals surface area contributed by atoms with Crippen LogP contribution in [0, 0.1) is 5.41 Å². The predicted octanol–water partition coefficient (Wildman–Crippen LogP) is 2.62. The number of furan rings is 1. The first-order chi connectivity index (χ1) is 10.1. The highest BCUT2D eigenvalue weighted by atomic mass is 16.5. The average molecular weight is 290 g/mol. The molecule has 0 atom stereocenters. The summed E-state index contributed by atoms with van der Waals surface area (Å²) in [7, 11) is 0. The number of rotatable bonds is 4. The first kappa shape index (κ1) is 13.9. The Morgan fingerprint density at radius 2 is 2.19 bits per heavy atom. The van der Waals surface area contributed by atoms with Gasteiger partial charge in [-0.2, -0.15) is 0 Å². The number of nitrogens with zero attached hydrogens (tertiary/aromatic N) is 2. The molecule has 3 heterocycles. The minimum atomic E-state index is -0.705. The van der Waals surface area contributed by atoms with E-state index in [2.05, 4.69) is 10.1 Å². The molecule has 6 nitrogen and oxygen atoms in total. The third-order valence-electron chi connectivity index (χ3n) is 4.18. The van der Waals surface area contributed by atoms with Crippen LogP contribution in [0.2, 0.25) is 0 Å². The highest BCUT2D eigenvalue weighted by Crippen LogP contribution is 2.31. The number of hydrogen-bond acceptors (Lipinski definition) is 5. The minimum Gasteiger partial charge on any atom is -0.481 e. The monoisotopic (exact) mass is 290 g/mol. The van der Waals surface area contributed by atoms with Crippen LogP contribution in [0.3, 0.4) is 0 Å². The van der Waals surface area contributed by atoms with Crippen LogP contribution >= 0.6 is 0 Å². The van der Waals surface area contributed by atoms with Crippen LogP contribution in [0.25, 0.3) is 11.5 Å². The molecule has 1 aliphatic rings. The van der Waals surface area contributed by atoms with Crippen LogP contribution in [-0.4, -0.2) is 34.2 Å². The van der Waals surface area contributed by atoms with Gasteiger partial charge in [-0.05, 0) is 45.0 Å². The second-order valence-corrected chi connectivity index (χ2v) is 5.80. The number of hydrogen-bond donors (Lipinski definition) is 1. The summed E-state index contributed by atoms with van der Waals surface area (Å²) >= 11 is 0. The first-order valence-corrected chi connectivity index (χ1v) is 7.02. The smallest absolute Gasteiger partial charge is 0.309 e. The summed E-state index contributed by atoms with van der Waals surface area (Å²) < 4.78 is 10.5. The molecule has 2 aromatic heterocycles. The Bertz CT molecular complexity index is 609. The van der Waals surface area contributed by atoms with E-state index in [1.807, 2.05) is 19.1 Å². The Kier molecular flexibility index (Phi) is 3.55. The van der Waals surface area contributed by atoms with Crippen LogP contribution in [0.4, 0.5) is 0 Å². The Labute approximate surface area is 122 Å². The maximum Gasteiger partial charge on any atom is 0.309 e. The fourth-order valence-electron chi connectivity index (χ4n) is 2.57. The van der Waals surface area contributed by atoms with E-state index in [4.69, 9.17) is 8.94 Å². The van der Waals surface area contributed by atoms with E-state index in [9.17, 15) is 9.90 Å². The molecule has 112 valence electrons. The van der Waals surface area contributed by atoms with Gasteiger partial charge in [-0.25, -0.2) is 0 Å². The van der Waals surface area contributed by atoms with E-state index < -0.39 is 11.4 Å². The van der Waals surface area contributed by atoms with Gasteiger partial charge >= 0.3 is 5.97 Å². The molecule has 21 heavy (non-hydrogen) atoms. The maximum atomic E-state index is 11.2. The summed E-state index contributed by atoms with van der Waals surface area (Å²) in [6.45, 7) is 4.00. The van der Waals surface area contributed by atoms with Gasteiger partial charge in [0.25, 0.3) is 0 Å². The zero-order valence-electron chi connectivity index (χ0n) is 11.9. The van der Waals surface area contributed by atoms with Crippen molar-refractivity contribution >= 4 is 5.97 Å². The zero-order chi connectivity index (χ0) is 14.9.